The summed E-state index contributed by atoms with van der Waals surface area (Å²) in [5, 5.41) is 18.1. The molecular weight excluding hydrogens is 568 g/mol. The first-order valence-corrected chi connectivity index (χ1v) is 16.6. The largest absolute Gasteiger partial charge is 0.493 e. The highest BCUT2D eigenvalue weighted by atomic mass is 16.6. The Morgan fingerprint density at radius 2 is 1.42 bits per heavy atom. The maximum atomic E-state index is 11.9. The number of hydrogen-bond donors (Lipinski definition) is 2. The molecular formula is C38H52O7. The number of aliphatic hydroxyl groups excluding tert-OH is 2. The van der Waals surface area contributed by atoms with Crippen molar-refractivity contribution in [1.82, 2.24) is 0 Å². The second-order valence-electron chi connectivity index (χ2n) is 12.1. The zero-order chi connectivity index (χ0) is 32.4. The summed E-state index contributed by atoms with van der Waals surface area (Å²) < 4.78 is 17.1. The molecule has 246 valence electrons. The van der Waals surface area contributed by atoms with Crippen molar-refractivity contribution in [2.75, 3.05) is 33.0 Å². The molecule has 7 heteroatoms. The van der Waals surface area contributed by atoms with Crippen LogP contribution >= 0.6 is 0 Å². The van der Waals surface area contributed by atoms with Gasteiger partial charge in [0.05, 0.1) is 25.4 Å². The standard InChI is InChI=1S/C38H52O7/c1-4-5-7-10-30-12-14-31(15-13-30)32-16-18-33(19-17-32)34-23-35(43-20-9-6-8-11-37(41)28(2)26-39)25-36(24-34)44-21-22-45-38(42)29(3)27-40/h16-19,23-25,30-31,39-40H,2-15,20-22,26-27H2,1H3. The fourth-order valence-corrected chi connectivity index (χ4v) is 5.80. The van der Waals surface area contributed by atoms with Crippen LogP contribution in [0.4, 0.5) is 0 Å². The number of aliphatic hydroxyl groups is 2. The third-order valence-electron chi connectivity index (χ3n) is 8.62. The van der Waals surface area contributed by atoms with Gasteiger partial charge in [-0.2, -0.15) is 0 Å². The molecule has 0 bridgehead atoms. The summed E-state index contributed by atoms with van der Waals surface area (Å²) in [5.74, 6) is 2.03. The van der Waals surface area contributed by atoms with Crippen molar-refractivity contribution >= 4 is 11.8 Å². The molecule has 45 heavy (non-hydrogen) atoms. The zero-order valence-electron chi connectivity index (χ0n) is 27.1. The minimum atomic E-state index is -0.647. The number of rotatable bonds is 21. The molecule has 0 atom stereocenters. The van der Waals surface area contributed by atoms with Crippen LogP contribution in [0.15, 0.2) is 66.8 Å². The number of esters is 1. The van der Waals surface area contributed by atoms with Gasteiger partial charge < -0.3 is 24.4 Å². The Bertz CT molecular complexity index is 1230. The summed E-state index contributed by atoms with van der Waals surface area (Å²) in [6.07, 6.45) is 13.2. The van der Waals surface area contributed by atoms with Crippen LogP contribution in [0.2, 0.25) is 0 Å². The molecule has 1 saturated carbocycles. The molecule has 7 nitrogen and oxygen atoms in total. The molecule has 1 aliphatic carbocycles. The van der Waals surface area contributed by atoms with Gasteiger partial charge in [-0.1, -0.05) is 70.0 Å². The van der Waals surface area contributed by atoms with Gasteiger partial charge in [0.25, 0.3) is 0 Å². The first-order valence-electron chi connectivity index (χ1n) is 16.6. The van der Waals surface area contributed by atoms with Crippen molar-refractivity contribution in [3.63, 3.8) is 0 Å². The van der Waals surface area contributed by atoms with Gasteiger partial charge in [0, 0.05) is 18.1 Å². The van der Waals surface area contributed by atoms with Gasteiger partial charge in [-0.25, -0.2) is 4.79 Å². The van der Waals surface area contributed by atoms with Crippen LogP contribution in [-0.4, -0.2) is 55.0 Å². The first kappa shape index (κ1) is 36.1. The van der Waals surface area contributed by atoms with Gasteiger partial charge in [0.2, 0.25) is 0 Å². The van der Waals surface area contributed by atoms with Gasteiger partial charge in [0.15, 0.2) is 5.78 Å². The van der Waals surface area contributed by atoms with Crippen LogP contribution in [0.3, 0.4) is 0 Å². The van der Waals surface area contributed by atoms with Crippen LogP contribution in [0.1, 0.15) is 95.5 Å². The maximum absolute atomic E-state index is 11.9. The highest BCUT2D eigenvalue weighted by molar-refractivity contribution is 5.94. The van der Waals surface area contributed by atoms with Crippen molar-refractivity contribution in [3.8, 4) is 22.6 Å². The monoisotopic (exact) mass is 620 g/mol. The zero-order valence-corrected chi connectivity index (χ0v) is 27.1. The summed E-state index contributed by atoms with van der Waals surface area (Å²) in [7, 11) is 0. The van der Waals surface area contributed by atoms with Crippen LogP contribution in [0.25, 0.3) is 11.1 Å². The van der Waals surface area contributed by atoms with E-state index in [4.69, 9.17) is 24.4 Å². The molecule has 1 fully saturated rings. The molecule has 0 aromatic heterocycles. The summed E-state index contributed by atoms with van der Waals surface area (Å²) >= 11 is 0. The number of Topliss-reactive ketones (excluding diaryl/α,β-unsaturated/α-hetero) is 1. The van der Waals surface area contributed by atoms with E-state index in [9.17, 15) is 9.59 Å². The van der Waals surface area contributed by atoms with Crippen LogP contribution in [0.5, 0.6) is 11.5 Å². The van der Waals surface area contributed by atoms with Crippen molar-refractivity contribution in [2.24, 2.45) is 5.92 Å². The molecule has 1 aliphatic rings. The second kappa shape index (κ2) is 19.9. The minimum absolute atomic E-state index is 0.00107. The summed E-state index contributed by atoms with van der Waals surface area (Å²) in [6.45, 7) is 9.23. The van der Waals surface area contributed by atoms with Crippen molar-refractivity contribution in [1.29, 1.82) is 0 Å². The topological polar surface area (TPSA) is 102 Å². The number of carbonyl (C=O) groups excluding carboxylic acids is 2. The number of ether oxygens (including phenoxy) is 3. The summed E-state index contributed by atoms with van der Waals surface area (Å²) in [6, 6.07) is 14.6. The predicted molar refractivity (Wildman–Crippen MR) is 179 cm³/mol. The van der Waals surface area contributed by atoms with Crippen LogP contribution in [-0.2, 0) is 14.3 Å². The van der Waals surface area contributed by atoms with Crippen molar-refractivity contribution in [2.45, 2.75) is 89.9 Å². The van der Waals surface area contributed by atoms with Crippen molar-refractivity contribution < 1.29 is 34.0 Å². The molecule has 0 amide bonds. The molecule has 3 rings (SSSR count). The third kappa shape index (κ3) is 12.5. The lowest BCUT2D eigenvalue weighted by Gasteiger charge is -2.29. The highest BCUT2D eigenvalue weighted by Crippen LogP contribution is 2.39. The maximum Gasteiger partial charge on any atom is 0.335 e. The Kier molecular flexibility index (Phi) is 15.9. The number of ketones is 1. The lowest BCUT2D eigenvalue weighted by atomic mass is 9.77. The normalized spacial score (nSPS) is 16.2. The Balaban J connectivity index is 1.61. The molecule has 0 radical (unpaired) electrons. The number of benzene rings is 2. The van der Waals surface area contributed by atoms with E-state index in [0.717, 1.165) is 29.9 Å². The minimum Gasteiger partial charge on any atom is -0.493 e. The lowest BCUT2D eigenvalue weighted by Crippen LogP contribution is -2.15. The second-order valence-corrected chi connectivity index (χ2v) is 12.1. The van der Waals surface area contributed by atoms with Gasteiger partial charge in [-0.3, -0.25) is 4.79 Å². The quantitative estimate of drug-likeness (QED) is 0.0836. The smallest absolute Gasteiger partial charge is 0.335 e. The van der Waals surface area contributed by atoms with E-state index in [0.29, 0.717) is 36.9 Å². The van der Waals surface area contributed by atoms with E-state index < -0.39 is 12.6 Å². The van der Waals surface area contributed by atoms with Gasteiger partial charge in [0.1, 0.15) is 24.7 Å². The van der Waals surface area contributed by atoms with Crippen LogP contribution in [0, 0.1) is 5.92 Å². The third-order valence-corrected chi connectivity index (χ3v) is 8.62. The molecule has 0 aliphatic heterocycles. The highest BCUT2D eigenvalue weighted by Gasteiger charge is 2.22. The average molecular weight is 621 g/mol. The fourth-order valence-electron chi connectivity index (χ4n) is 5.80. The summed E-state index contributed by atoms with van der Waals surface area (Å²) in [4.78, 5) is 23.6. The summed E-state index contributed by atoms with van der Waals surface area (Å²) in [5.41, 5.74) is 3.69. The Morgan fingerprint density at radius 1 is 0.756 bits per heavy atom. The molecule has 2 N–H and O–H groups in total. The fraction of sp³-hybridized carbons (Fsp3) is 0.526. The lowest BCUT2D eigenvalue weighted by molar-refractivity contribution is -0.140. The Hall–Kier alpha value is -3.42. The number of carbonyl (C=O) groups is 2. The van der Waals surface area contributed by atoms with E-state index in [1.807, 2.05) is 18.2 Å². The number of hydrogen-bond acceptors (Lipinski definition) is 7. The molecule has 0 saturated heterocycles. The molecule has 2 aromatic rings. The average Bonchev–Trinajstić information content (AvgIpc) is 3.07. The predicted octanol–water partition coefficient (Wildman–Crippen LogP) is 7.74. The van der Waals surface area contributed by atoms with Gasteiger partial charge in [-0.15, -0.1) is 0 Å². The first-order chi connectivity index (χ1) is 21.8. The Labute approximate surface area is 269 Å². The van der Waals surface area contributed by atoms with E-state index in [1.54, 1.807) is 0 Å². The van der Waals surface area contributed by atoms with E-state index in [-0.39, 0.29) is 36.8 Å². The van der Waals surface area contributed by atoms with Crippen molar-refractivity contribution in [3.05, 3.63) is 72.3 Å². The van der Waals surface area contributed by atoms with Gasteiger partial charge in [-0.05, 0) is 85.6 Å². The van der Waals surface area contributed by atoms with Crippen LogP contribution < -0.4 is 9.47 Å². The van der Waals surface area contributed by atoms with Gasteiger partial charge >= 0.3 is 5.97 Å². The SMILES string of the molecule is C=C(CO)C(=O)CCCCCOc1cc(OCCOC(=O)C(=C)CO)cc(-c2ccc(C3CCC(CCCCC)CC3)cc2)c1. The molecule has 0 spiro atoms. The van der Waals surface area contributed by atoms with E-state index in [2.05, 4.69) is 44.3 Å². The molecule has 0 heterocycles. The molecule has 2 aromatic carbocycles. The van der Waals surface area contributed by atoms with E-state index in [1.165, 1.54) is 56.9 Å². The number of unbranched alkanes of at least 4 members (excludes halogenated alkanes) is 4. The van der Waals surface area contributed by atoms with E-state index >= 15 is 0 Å². The Morgan fingerprint density at radius 3 is 2.07 bits per heavy atom. The molecule has 0 unspecified atom stereocenters.